The van der Waals surface area contributed by atoms with Crippen LogP contribution in [0.3, 0.4) is 0 Å². The first-order chi connectivity index (χ1) is 8.60. The number of rotatable bonds is 1. The molecule has 1 aromatic heterocycles. The molecule has 19 heavy (non-hydrogen) atoms. The van der Waals surface area contributed by atoms with Gasteiger partial charge in [-0.15, -0.1) is 0 Å². The summed E-state index contributed by atoms with van der Waals surface area (Å²) in [7, 11) is 0. The highest BCUT2D eigenvalue weighted by atomic mass is 16.6. The Balaban J connectivity index is 2.55. The van der Waals surface area contributed by atoms with Crippen molar-refractivity contribution in [3.8, 4) is 5.75 Å². The number of aryl methyl sites for hydroxylation is 1. The topological polar surface area (TPSA) is 80.1 Å². The monoisotopic (exact) mass is 267 g/mol. The molecule has 2 heterocycles. The lowest BCUT2D eigenvalue weighted by molar-refractivity contribution is -0.225. The Morgan fingerprint density at radius 2 is 1.53 bits per heavy atom. The van der Waals surface area contributed by atoms with Crippen LogP contribution in [0.15, 0.2) is 12.1 Å². The summed E-state index contributed by atoms with van der Waals surface area (Å²) in [6.45, 7) is 9.08. The molecule has 2 rings (SSSR count). The van der Waals surface area contributed by atoms with Crippen LogP contribution in [0.25, 0.3) is 0 Å². The van der Waals surface area contributed by atoms with Gasteiger partial charge in [-0.3, -0.25) is 4.98 Å². The Morgan fingerprint density at radius 3 is 2.00 bits per heavy atom. The first kappa shape index (κ1) is 14.2. The quantitative estimate of drug-likeness (QED) is 0.722. The SMILES string of the molecule is Cc1ccc(O)c(C2N(O)C(C)(C)C(C)(C)N2O)n1. The van der Waals surface area contributed by atoms with Gasteiger partial charge in [-0.2, -0.15) is 10.1 Å². The Labute approximate surface area is 112 Å². The predicted octanol–water partition coefficient (Wildman–Crippen LogP) is 2.05. The van der Waals surface area contributed by atoms with E-state index in [1.807, 2.05) is 27.7 Å². The summed E-state index contributed by atoms with van der Waals surface area (Å²) in [6.07, 6.45) is -0.898. The van der Waals surface area contributed by atoms with Crippen LogP contribution in [0, 0.1) is 6.92 Å². The van der Waals surface area contributed by atoms with E-state index in [1.165, 1.54) is 6.07 Å². The second-order valence-corrected chi connectivity index (χ2v) is 6.04. The minimum absolute atomic E-state index is 0.0535. The van der Waals surface area contributed by atoms with Crippen molar-refractivity contribution in [2.75, 3.05) is 0 Å². The average Bonchev–Trinajstić information content (AvgIpc) is 2.43. The highest BCUT2D eigenvalue weighted by Gasteiger charge is 2.59. The number of aromatic hydroxyl groups is 1. The first-order valence-electron chi connectivity index (χ1n) is 6.23. The van der Waals surface area contributed by atoms with E-state index >= 15 is 0 Å². The Bertz CT molecular complexity index is 482. The number of nitrogens with zero attached hydrogens (tertiary/aromatic N) is 3. The number of hydrogen-bond donors (Lipinski definition) is 3. The second-order valence-electron chi connectivity index (χ2n) is 6.04. The standard InChI is InChI=1S/C13H21N3O3/c1-8-6-7-9(17)10(14-8)11-15(18)12(2,3)13(4,5)16(11)19/h6-7,11,17-19H,1-5H3. The minimum Gasteiger partial charge on any atom is -0.506 e. The molecule has 0 radical (unpaired) electrons. The summed E-state index contributed by atoms with van der Waals surface area (Å²) < 4.78 is 0. The molecule has 0 aliphatic carbocycles. The molecular weight excluding hydrogens is 246 g/mol. The maximum atomic E-state index is 10.4. The highest BCUT2D eigenvalue weighted by molar-refractivity contribution is 5.31. The van der Waals surface area contributed by atoms with Crippen molar-refractivity contribution >= 4 is 0 Å². The third kappa shape index (κ3) is 1.83. The number of aromatic nitrogens is 1. The van der Waals surface area contributed by atoms with Crippen molar-refractivity contribution in [2.45, 2.75) is 51.9 Å². The van der Waals surface area contributed by atoms with Gasteiger partial charge in [0.25, 0.3) is 0 Å². The molecule has 6 nitrogen and oxygen atoms in total. The number of hydroxylamine groups is 4. The molecule has 0 bridgehead atoms. The predicted molar refractivity (Wildman–Crippen MR) is 68.8 cm³/mol. The Kier molecular flexibility index (Phi) is 3.10. The molecule has 1 aliphatic rings. The molecule has 0 unspecified atom stereocenters. The van der Waals surface area contributed by atoms with Gasteiger partial charge in [-0.1, -0.05) is 0 Å². The molecule has 1 aromatic rings. The van der Waals surface area contributed by atoms with Crippen LogP contribution in [0.1, 0.15) is 45.2 Å². The van der Waals surface area contributed by atoms with Gasteiger partial charge in [-0.25, -0.2) is 0 Å². The molecule has 0 atom stereocenters. The van der Waals surface area contributed by atoms with Crippen molar-refractivity contribution in [2.24, 2.45) is 0 Å². The zero-order chi connectivity index (χ0) is 14.6. The van der Waals surface area contributed by atoms with Crippen LogP contribution in [0.4, 0.5) is 0 Å². The van der Waals surface area contributed by atoms with Crippen molar-refractivity contribution < 1.29 is 15.5 Å². The summed E-state index contributed by atoms with van der Waals surface area (Å²) in [5, 5.41) is 32.7. The van der Waals surface area contributed by atoms with E-state index in [2.05, 4.69) is 4.98 Å². The molecule has 0 saturated carbocycles. The summed E-state index contributed by atoms with van der Waals surface area (Å²) >= 11 is 0. The largest absolute Gasteiger partial charge is 0.506 e. The minimum atomic E-state index is -0.898. The normalized spacial score (nSPS) is 23.9. The fraction of sp³-hybridized carbons (Fsp3) is 0.615. The van der Waals surface area contributed by atoms with Crippen LogP contribution in [-0.4, -0.2) is 41.7 Å². The lowest BCUT2D eigenvalue weighted by Gasteiger charge is -2.37. The first-order valence-corrected chi connectivity index (χ1v) is 6.23. The zero-order valence-electron chi connectivity index (χ0n) is 11.9. The van der Waals surface area contributed by atoms with E-state index < -0.39 is 17.2 Å². The molecule has 0 spiro atoms. The molecule has 6 heteroatoms. The van der Waals surface area contributed by atoms with E-state index in [0.717, 1.165) is 10.1 Å². The molecule has 3 N–H and O–H groups in total. The highest BCUT2D eigenvalue weighted by Crippen LogP contribution is 2.48. The van der Waals surface area contributed by atoms with Gasteiger partial charge in [0.1, 0.15) is 11.4 Å². The molecule has 0 aromatic carbocycles. The molecule has 1 aliphatic heterocycles. The van der Waals surface area contributed by atoms with Crippen LogP contribution >= 0.6 is 0 Å². The van der Waals surface area contributed by atoms with E-state index in [-0.39, 0.29) is 11.4 Å². The van der Waals surface area contributed by atoms with Crippen LogP contribution in [-0.2, 0) is 0 Å². The van der Waals surface area contributed by atoms with Gasteiger partial charge in [0, 0.05) is 5.69 Å². The number of pyridine rings is 1. The van der Waals surface area contributed by atoms with E-state index in [0.29, 0.717) is 5.69 Å². The van der Waals surface area contributed by atoms with Crippen LogP contribution < -0.4 is 0 Å². The molecule has 0 amide bonds. The smallest absolute Gasteiger partial charge is 0.157 e. The summed E-state index contributed by atoms with van der Waals surface area (Å²) in [5.74, 6) is -0.0535. The maximum absolute atomic E-state index is 10.4. The molecule has 1 fully saturated rings. The van der Waals surface area contributed by atoms with Gasteiger partial charge in [0.15, 0.2) is 6.17 Å². The molecule has 106 valence electrons. The number of hydrogen-bond acceptors (Lipinski definition) is 6. The van der Waals surface area contributed by atoms with Crippen molar-refractivity contribution in [3.05, 3.63) is 23.5 Å². The van der Waals surface area contributed by atoms with Crippen molar-refractivity contribution in [1.82, 2.24) is 15.1 Å². The lowest BCUT2D eigenvalue weighted by Crippen LogP contribution is -2.52. The molecule has 1 saturated heterocycles. The van der Waals surface area contributed by atoms with Gasteiger partial charge in [0.2, 0.25) is 0 Å². The third-order valence-electron chi connectivity index (χ3n) is 4.39. The molecular formula is C13H21N3O3. The Morgan fingerprint density at radius 1 is 1.05 bits per heavy atom. The van der Waals surface area contributed by atoms with Gasteiger partial charge in [-0.05, 0) is 46.8 Å². The zero-order valence-corrected chi connectivity index (χ0v) is 11.9. The van der Waals surface area contributed by atoms with Crippen molar-refractivity contribution in [3.63, 3.8) is 0 Å². The van der Waals surface area contributed by atoms with Crippen LogP contribution in [0.2, 0.25) is 0 Å². The fourth-order valence-electron chi connectivity index (χ4n) is 2.27. The van der Waals surface area contributed by atoms with E-state index in [1.54, 1.807) is 13.0 Å². The third-order valence-corrected chi connectivity index (χ3v) is 4.39. The van der Waals surface area contributed by atoms with Gasteiger partial charge < -0.3 is 15.5 Å². The Hall–Kier alpha value is -1.21. The van der Waals surface area contributed by atoms with Gasteiger partial charge >= 0.3 is 0 Å². The lowest BCUT2D eigenvalue weighted by atomic mass is 9.84. The van der Waals surface area contributed by atoms with E-state index in [9.17, 15) is 15.5 Å². The fourth-order valence-corrected chi connectivity index (χ4v) is 2.27. The summed E-state index contributed by atoms with van der Waals surface area (Å²) in [6, 6.07) is 3.19. The van der Waals surface area contributed by atoms with E-state index in [4.69, 9.17) is 0 Å². The van der Waals surface area contributed by atoms with Gasteiger partial charge in [0.05, 0.1) is 11.1 Å². The van der Waals surface area contributed by atoms with Crippen LogP contribution in [0.5, 0.6) is 5.75 Å². The summed E-state index contributed by atoms with van der Waals surface area (Å²) in [4.78, 5) is 4.23. The summed E-state index contributed by atoms with van der Waals surface area (Å²) in [5.41, 5.74) is -0.463. The average molecular weight is 267 g/mol. The second kappa shape index (κ2) is 4.14. The van der Waals surface area contributed by atoms with Crippen molar-refractivity contribution in [1.29, 1.82) is 0 Å². The maximum Gasteiger partial charge on any atom is 0.157 e.